The van der Waals surface area contributed by atoms with Gasteiger partial charge in [0.25, 0.3) is 5.91 Å². The lowest BCUT2D eigenvalue weighted by atomic mass is 10.1. The van der Waals surface area contributed by atoms with Gasteiger partial charge in [-0.15, -0.1) is 13.2 Å². The monoisotopic (exact) mass is 429 g/mol. The highest BCUT2D eigenvalue weighted by Crippen LogP contribution is 2.31. The summed E-state index contributed by atoms with van der Waals surface area (Å²) in [6.07, 6.45) is -1.59. The number of pyridine rings is 1. The minimum atomic E-state index is -4.75. The summed E-state index contributed by atoms with van der Waals surface area (Å²) >= 11 is 0. The van der Waals surface area contributed by atoms with Crippen molar-refractivity contribution in [2.45, 2.75) is 12.9 Å². The van der Waals surface area contributed by atoms with Crippen molar-refractivity contribution < 1.29 is 27.4 Å². The van der Waals surface area contributed by atoms with Gasteiger partial charge in [0.05, 0.1) is 18.4 Å². The van der Waals surface area contributed by atoms with Crippen molar-refractivity contribution in [2.24, 2.45) is 0 Å². The summed E-state index contributed by atoms with van der Waals surface area (Å²) in [6.45, 7) is 1.18. The Hall–Kier alpha value is -3.75. The van der Waals surface area contributed by atoms with E-state index in [0.717, 1.165) is 5.56 Å². The average molecular weight is 429 g/mol. The normalized spacial score (nSPS) is 13.6. The predicted molar refractivity (Wildman–Crippen MR) is 108 cm³/mol. The fourth-order valence-corrected chi connectivity index (χ4v) is 3.25. The molecule has 160 valence electrons. The van der Waals surface area contributed by atoms with E-state index in [1.54, 1.807) is 48.8 Å². The van der Waals surface area contributed by atoms with Gasteiger partial charge in [-0.25, -0.2) is 0 Å². The highest BCUT2D eigenvalue weighted by atomic mass is 19.4. The molecule has 0 spiro atoms. The Morgan fingerprint density at radius 1 is 1.13 bits per heavy atom. The number of amides is 1. The van der Waals surface area contributed by atoms with Gasteiger partial charge in [-0.2, -0.15) is 0 Å². The van der Waals surface area contributed by atoms with E-state index in [9.17, 15) is 18.0 Å². The molecule has 0 unspecified atom stereocenters. The van der Waals surface area contributed by atoms with Crippen molar-refractivity contribution in [3.8, 4) is 11.5 Å². The molecule has 0 saturated heterocycles. The molecule has 4 rings (SSSR count). The van der Waals surface area contributed by atoms with Crippen molar-refractivity contribution in [3.05, 3.63) is 78.1 Å². The van der Waals surface area contributed by atoms with Gasteiger partial charge in [-0.3, -0.25) is 9.78 Å². The van der Waals surface area contributed by atoms with Crippen LogP contribution in [0.2, 0.25) is 0 Å². The van der Waals surface area contributed by atoms with E-state index in [1.165, 1.54) is 18.2 Å². The number of nitrogens with zero attached hydrogens (tertiary/aromatic N) is 2. The fraction of sp³-hybridized carbons (Fsp3) is 0.182. The molecule has 0 bridgehead atoms. The Balaban J connectivity index is 1.51. The van der Waals surface area contributed by atoms with E-state index in [0.29, 0.717) is 42.4 Å². The van der Waals surface area contributed by atoms with Crippen molar-refractivity contribution >= 4 is 17.3 Å². The summed E-state index contributed by atoms with van der Waals surface area (Å²) in [5.74, 6) is -0.0145. The summed E-state index contributed by atoms with van der Waals surface area (Å²) in [4.78, 5) is 18.4. The SMILES string of the molecule is O=C(Nc1cccnc1)c1ccc2c(c1)OCCN(c1cccc(OC(F)(F)F)c1)C2. The maximum atomic E-state index is 12.5. The van der Waals surface area contributed by atoms with Crippen LogP contribution in [0.4, 0.5) is 24.5 Å². The quantitative estimate of drug-likeness (QED) is 0.655. The molecule has 1 aliphatic heterocycles. The van der Waals surface area contributed by atoms with Crippen LogP contribution in [0, 0.1) is 0 Å². The van der Waals surface area contributed by atoms with Gasteiger partial charge in [0, 0.05) is 35.6 Å². The number of halogens is 3. The second-order valence-corrected chi connectivity index (χ2v) is 6.83. The maximum absolute atomic E-state index is 12.5. The van der Waals surface area contributed by atoms with Gasteiger partial charge in [-0.1, -0.05) is 12.1 Å². The average Bonchev–Trinajstić information content (AvgIpc) is 2.95. The first-order valence-corrected chi connectivity index (χ1v) is 9.45. The molecule has 1 amide bonds. The smallest absolute Gasteiger partial charge is 0.491 e. The number of hydrogen-bond donors (Lipinski definition) is 1. The zero-order valence-corrected chi connectivity index (χ0v) is 16.2. The molecule has 0 atom stereocenters. The molecular formula is C22H18F3N3O3. The van der Waals surface area contributed by atoms with Gasteiger partial charge < -0.3 is 19.7 Å². The maximum Gasteiger partial charge on any atom is 0.573 e. The molecule has 2 heterocycles. The Kier molecular flexibility index (Phi) is 5.66. The summed E-state index contributed by atoms with van der Waals surface area (Å²) in [7, 11) is 0. The first kappa shape index (κ1) is 20.5. The zero-order chi connectivity index (χ0) is 21.8. The molecule has 31 heavy (non-hydrogen) atoms. The molecule has 1 aromatic heterocycles. The molecular weight excluding hydrogens is 411 g/mol. The highest BCUT2D eigenvalue weighted by Gasteiger charge is 2.31. The zero-order valence-electron chi connectivity index (χ0n) is 16.2. The third-order valence-electron chi connectivity index (χ3n) is 4.65. The number of hydrogen-bond acceptors (Lipinski definition) is 5. The number of aromatic nitrogens is 1. The molecule has 3 aromatic rings. The number of carbonyl (C=O) groups excluding carboxylic acids is 1. The van der Waals surface area contributed by atoms with Crippen molar-refractivity contribution in [2.75, 3.05) is 23.4 Å². The van der Waals surface area contributed by atoms with Crippen LogP contribution in [0.25, 0.3) is 0 Å². The number of fused-ring (bicyclic) bond motifs is 1. The van der Waals surface area contributed by atoms with E-state index >= 15 is 0 Å². The number of carbonyl (C=O) groups is 1. The van der Waals surface area contributed by atoms with Gasteiger partial charge in [-0.05, 0) is 36.4 Å². The second kappa shape index (κ2) is 8.55. The molecule has 1 aliphatic rings. The Morgan fingerprint density at radius 2 is 2.00 bits per heavy atom. The Labute approximate surface area is 176 Å². The summed E-state index contributed by atoms with van der Waals surface area (Å²) in [6, 6.07) is 14.4. The van der Waals surface area contributed by atoms with Gasteiger partial charge in [0.1, 0.15) is 18.1 Å². The van der Waals surface area contributed by atoms with Crippen LogP contribution in [-0.4, -0.2) is 30.4 Å². The number of nitrogens with one attached hydrogen (secondary N) is 1. The minimum absolute atomic E-state index is 0.280. The van der Waals surface area contributed by atoms with E-state index < -0.39 is 6.36 Å². The van der Waals surface area contributed by atoms with Crippen molar-refractivity contribution in [3.63, 3.8) is 0 Å². The largest absolute Gasteiger partial charge is 0.573 e. The number of ether oxygens (including phenoxy) is 2. The van der Waals surface area contributed by atoms with Gasteiger partial charge >= 0.3 is 6.36 Å². The first-order valence-electron chi connectivity index (χ1n) is 9.45. The summed E-state index contributed by atoms with van der Waals surface area (Å²) in [5.41, 5.74) is 2.40. The van der Waals surface area contributed by atoms with Crippen LogP contribution in [0.3, 0.4) is 0 Å². The van der Waals surface area contributed by atoms with Crippen LogP contribution < -0.4 is 19.7 Å². The molecule has 9 heteroatoms. The van der Waals surface area contributed by atoms with E-state index in [1.807, 2.05) is 4.90 Å². The predicted octanol–water partition coefficient (Wildman–Crippen LogP) is 4.63. The number of rotatable bonds is 4. The third-order valence-corrected chi connectivity index (χ3v) is 4.65. The highest BCUT2D eigenvalue weighted by molar-refractivity contribution is 6.04. The van der Waals surface area contributed by atoms with Crippen LogP contribution in [-0.2, 0) is 6.54 Å². The molecule has 6 nitrogen and oxygen atoms in total. The molecule has 0 radical (unpaired) electrons. The Morgan fingerprint density at radius 3 is 2.77 bits per heavy atom. The van der Waals surface area contributed by atoms with Gasteiger partial charge in [0.2, 0.25) is 0 Å². The minimum Gasteiger partial charge on any atom is -0.491 e. The molecule has 0 saturated carbocycles. The number of alkyl halides is 3. The lowest BCUT2D eigenvalue weighted by molar-refractivity contribution is -0.274. The Bertz CT molecular complexity index is 1070. The van der Waals surface area contributed by atoms with Crippen LogP contribution >= 0.6 is 0 Å². The fourth-order valence-electron chi connectivity index (χ4n) is 3.25. The van der Waals surface area contributed by atoms with E-state index in [-0.39, 0.29) is 11.7 Å². The van der Waals surface area contributed by atoms with Crippen LogP contribution in [0.15, 0.2) is 67.0 Å². The molecule has 2 aromatic carbocycles. The van der Waals surface area contributed by atoms with Gasteiger partial charge in [0.15, 0.2) is 0 Å². The standard InChI is InChI=1S/C22H18F3N3O3/c23-22(24,25)31-19-5-1-4-18(12-19)28-9-10-30-20-11-15(6-7-16(20)14-28)21(29)27-17-3-2-8-26-13-17/h1-8,11-13H,9-10,14H2,(H,27,29). The van der Waals surface area contributed by atoms with Crippen LogP contribution in [0.1, 0.15) is 15.9 Å². The van der Waals surface area contributed by atoms with E-state index in [4.69, 9.17) is 4.74 Å². The number of benzene rings is 2. The number of anilines is 2. The van der Waals surface area contributed by atoms with E-state index in [2.05, 4.69) is 15.0 Å². The third kappa shape index (κ3) is 5.25. The summed E-state index contributed by atoms with van der Waals surface area (Å²) < 4.78 is 47.4. The second-order valence-electron chi connectivity index (χ2n) is 6.83. The molecule has 0 fully saturated rings. The topological polar surface area (TPSA) is 63.7 Å². The lowest BCUT2D eigenvalue weighted by Crippen LogP contribution is -2.25. The lowest BCUT2D eigenvalue weighted by Gasteiger charge is -2.23. The first-order chi connectivity index (χ1) is 14.9. The van der Waals surface area contributed by atoms with Crippen LogP contribution in [0.5, 0.6) is 11.5 Å². The van der Waals surface area contributed by atoms with Crippen molar-refractivity contribution in [1.82, 2.24) is 4.98 Å². The molecule has 0 aliphatic carbocycles. The molecule has 1 N–H and O–H groups in total. The summed E-state index contributed by atoms with van der Waals surface area (Å²) in [5, 5.41) is 2.77. The van der Waals surface area contributed by atoms with Crippen molar-refractivity contribution in [1.29, 1.82) is 0 Å².